The van der Waals surface area contributed by atoms with Crippen LogP contribution in [0, 0.1) is 0 Å². The molecule has 0 aliphatic rings. The molecule has 0 N–H and O–H groups in total. The number of rotatable bonds is 6. The van der Waals surface area contributed by atoms with E-state index in [1.807, 2.05) is 97.1 Å². The summed E-state index contributed by atoms with van der Waals surface area (Å²) in [5.41, 5.74) is 2.60. The summed E-state index contributed by atoms with van der Waals surface area (Å²) in [4.78, 5) is 14.6. The van der Waals surface area contributed by atoms with Crippen molar-refractivity contribution in [3.05, 3.63) is 182 Å². The zero-order valence-corrected chi connectivity index (χ0v) is 25.7. The standard InChI is InChI=1S/C45H30N4/c1-5-16-31(17-6-1)36-25-15-27-41-42(36)37-24-13-14-26-39(37)49(41)40-29-28-35(30-38(40)32-18-7-2-8-19-32)45-47-43(33-20-9-3-10-21-33)46-44(48-45)34-22-11-4-12-23-34/h1-30H/i1D,5D,6D,13D,14D,15D,16D,17D,24D,25D,26D,27D. The third-order valence-corrected chi connectivity index (χ3v) is 8.25. The average molecular weight is 639 g/mol. The summed E-state index contributed by atoms with van der Waals surface area (Å²) in [6.45, 7) is 0. The van der Waals surface area contributed by atoms with Gasteiger partial charge in [0, 0.05) is 33.0 Å². The molecule has 0 aliphatic carbocycles. The first-order chi connectivity index (χ1) is 29.3. The van der Waals surface area contributed by atoms with Gasteiger partial charge in [-0.2, -0.15) is 0 Å². The quantitative estimate of drug-likeness (QED) is 0.182. The van der Waals surface area contributed by atoms with Crippen molar-refractivity contribution in [3.8, 4) is 62.1 Å². The van der Waals surface area contributed by atoms with E-state index in [-0.39, 0.29) is 27.4 Å². The lowest BCUT2D eigenvalue weighted by molar-refractivity contribution is 1.07. The van der Waals surface area contributed by atoms with Gasteiger partial charge < -0.3 is 4.57 Å². The van der Waals surface area contributed by atoms with E-state index in [2.05, 4.69) is 0 Å². The Morgan fingerprint density at radius 3 is 1.61 bits per heavy atom. The molecule has 4 heteroatoms. The number of benzene rings is 7. The van der Waals surface area contributed by atoms with E-state index < -0.39 is 78.1 Å². The maximum atomic E-state index is 9.38. The Kier molecular flexibility index (Phi) is 4.63. The smallest absolute Gasteiger partial charge is 0.164 e. The van der Waals surface area contributed by atoms with Crippen molar-refractivity contribution >= 4 is 21.8 Å². The lowest BCUT2D eigenvalue weighted by atomic mass is 9.99. The molecule has 0 spiro atoms. The molecule has 2 aromatic heterocycles. The van der Waals surface area contributed by atoms with Gasteiger partial charge in [-0.05, 0) is 47.0 Å². The van der Waals surface area contributed by atoms with Crippen LogP contribution in [0.1, 0.15) is 16.4 Å². The predicted molar refractivity (Wildman–Crippen MR) is 201 cm³/mol. The Morgan fingerprint density at radius 1 is 0.408 bits per heavy atom. The van der Waals surface area contributed by atoms with E-state index in [0.717, 1.165) is 11.1 Å². The summed E-state index contributed by atoms with van der Waals surface area (Å²) in [6, 6.07) is 26.0. The highest BCUT2D eigenvalue weighted by molar-refractivity contribution is 6.16. The normalized spacial score (nSPS) is 14.7. The van der Waals surface area contributed by atoms with Gasteiger partial charge in [-0.15, -0.1) is 0 Å². The molecular formula is C45H30N4. The van der Waals surface area contributed by atoms with Crippen LogP contribution in [0.4, 0.5) is 0 Å². The fourth-order valence-electron chi connectivity index (χ4n) is 6.03. The van der Waals surface area contributed by atoms with Crippen LogP contribution < -0.4 is 0 Å². The van der Waals surface area contributed by atoms with E-state index in [0.29, 0.717) is 39.9 Å². The molecule has 0 unspecified atom stereocenters. The molecule has 0 bridgehead atoms. The van der Waals surface area contributed by atoms with E-state index >= 15 is 0 Å². The molecule has 0 amide bonds. The van der Waals surface area contributed by atoms with Crippen LogP contribution in [0.25, 0.3) is 83.9 Å². The van der Waals surface area contributed by atoms with Gasteiger partial charge in [0.25, 0.3) is 0 Å². The van der Waals surface area contributed by atoms with Crippen molar-refractivity contribution in [2.45, 2.75) is 0 Å². The largest absolute Gasteiger partial charge is 0.309 e. The van der Waals surface area contributed by atoms with Gasteiger partial charge >= 0.3 is 0 Å². The summed E-state index contributed by atoms with van der Waals surface area (Å²) in [5, 5.41) is -0.280. The van der Waals surface area contributed by atoms with Crippen molar-refractivity contribution in [1.29, 1.82) is 0 Å². The Bertz CT molecular complexity index is 3180. The highest BCUT2D eigenvalue weighted by Gasteiger charge is 2.20. The minimum atomic E-state index is -0.693. The van der Waals surface area contributed by atoms with E-state index in [1.165, 1.54) is 4.57 Å². The first kappa shape index (κ1) is 18.6. The summed E-state index contributed by atoms with van der Waals surface area (Å²) >= 11 is 0. The first-order valence-corrected chi connectivity index (χ1v) is 15.5. The van der Waals surface area contributed by atoms with Crippen molar-refractivity contribution in [2.75, 3.05) is 0 Å². The van der Waals surface area contributed by atoms with Gasteiger partial charge in [-0.25, -0.2) is 15.0 Å². The minimum Gasteiger partial charge on any atom is -0.309 e. The lowest BCUT2D eigenvalue weighted by Gasteiger charge is -2.16. The van der Waals surface area contributed by atoms with Gasteiger partial charge in [-0.3, -0.25) is 0 Å². The minimum absolute atomic E-state index is 0.101. The molecule has 0 atom stereocenters. The molecule has 0 aliphatic heterocycles. The van der Waals surface area contributed by atoms with Crippen LogP contribution in [-0.2, 0) is 0 Å². The number of fused-ring (bicyclic) bond motifs is 3. The predicted octanol–water partition coefficient (Wildman–Crippen LogP) is 11.3. The third-order valence-electron chi connectivity index (χ3n) is 8.25. The lowest BCUT2D eigenvalue weighted by Crippen LogP contribution is -2.02. The van der Waals surface area contributed by atoms with Crippen molar-refractivity contribution in [3.63, 3.8) is 0 Å². The summed E-state index contributed by atoms with van der Waals surface area (Å²) in [7, 11) is 0. The van der Waals surface area contributed by atoms with Crippen LogP contribution >= 0.6 is 0 Å². The van der Waals surface area contributed by atoms with Gasteiger partial charge in [0.2, 0.25) is 0 Å². The Morgan fingerprint density at radius 2 is 0.959 bits per heavy atom. The highest BCUT2D eigenvalue weighted by Crippen LogP contribution is 2.41. The van der Waals surface area contributed by atoms with Gasteiger partial charge in [0.15, 0.2) is 17.5 Å². The highest BCUT2D eigenvalue weighted by atomic mass is 15.0. The topological polar surface area (TPSA) is 43.6 Å². The summed E-state index contributed by atoms with van der Waals surface area (Å²) in [5.74, 6) is 1.19. The van der Waals surface area contributed by atoms with E-state index in [9.17, 15) is 4.11 Å². The second-order valence-corrected chi connectivity index (χ2v) is 11.2. The number of nitrogens with zero attached hydrogens (tertiary/aromatic N) is 4. The Labute approximate surface area is 301 Å². The van der Waals surface area contributed by atoms with Gasteiger partial charge in [0.05, 0.1) is 33.2 Å². The second-order valence-electron chi connectivity index (χ2n) is 11.2. The van der Waals surface area contributed by atoms with Gasteiger partial charge in [0.1, 0.15) is 0 Å². The van der Waals surface area contributed by atoms with Gasteiger partial charge in [-0.1, -0.05) is 151 Å². The van der Waals surface area contributed by atoms with E-state index in [4.69, 9.17) is 27.3 Å². The molecule has 0 saturated carbocycles. The van der Waals surface area contributed by atoms with Crippen LogP contribution in [0.5, 0.6) is 0 Å². The molecule has 0 fully saturated rings. The number of aromatic nitrogens is 4. The molecule has 2 heterocycles. The van der Waals surface area contributed by atoms with Crippen LogP contribution in [0.15, 0.2) is 182 Å². The molecule has 49 heavy (non-hydrogen) atoms. The zero-order valence-electron chi connectivity index (χ0n) is 37.7. The maximum absolute atomic E-state index is 9.38. The molecule has 9 rings (SSSR count). The molecule has 0 saturated heterocycles. The van der Waals surface area contributed by atoms with Crippen molar-refractivity contribution in [2.24, 2.45) is 0 Å². The van der Waals surface area contributed by atoms with Crippen molar-refractivity contribution < 1.29 is 16.4 Å². The summed E-state index contributed by atoms with van der Waals surface area (Å²) in [6.07, 6.45) is 0. The molecular weight excluding hydrogens is 597 g/mol. The monoisotopic (exact) mass is 638 g/mol. The second kappa shape index (κ2) is 12.2. The fourth-order valence-corrected chi connectivity index (χ4v) is 6.03. The van der Waals surface area contributed by atoms with Crippen LogP contribution in [-0.4, -0.2) is 19.5 Å². The van der Waals surface area contributed by atoms with Crippen molar-refractivity contribution in [1.82, 2.24) is 19.5 Å². The zero-order chi connectivity index (χ0) is 43.0. The Hall–Kier alpha value is -6.65. The fraction of sp³-hybridized carbons (Fsp3) is 0. The van der Waals surface area contributed by atoms with Crippen LogP contribution in [0.3, 0.4) is 0 Å². The molecule has 0 radical (unpaired) electrons. The average Bonchev–Trinajstić information content (AvgIpc) is 3.65. The first-order valence-electron chi connectivity index (χ1n) is 21.5. The summed E-state index contributed by atoms with van der Waals surface area (Å²) < 4.78 is 108. The van der Waals surface area contributed by atoms with Crippen LogP contribution in [0.2, 0.25) is 0 Å². The number of para-hydroxylation sites is 1. The Balaban J connectivity index is 1.43. The van der Waals surface area contributed by atoms with E-state index in [1.54, 1.807) is 12.1 Å². The maximum Gasteiger partial charge on any atom is 0.164 e. The number of hydrogen-bond acceptors (Lipinski definition) is 3. The molecule has 9 aromatic rings. The molecule has 230 valence electrons. The molecule has 7 aromatic carbocycles. The molecule has 4 nitrogen and oxygen atoms in total. The SMILES string of the molecule is [2H]c1c([2H])c([2H])c(-c2c([2H])c([2H])c([2H])c3c2c2c([2H])c([2H])c([2H])c([2H])c2n3-c2ccc(-c3nc(-c4ccccc4)nc(-c4ccccc4)n3)cc2-c2ccccc2)c([2H])c1[2H]. The third kappa shape index (κ3) is 5.16. The number of hydrogen-bond donors (Lipinski definition) is 0.